The van der Waals surface area contributed by atoms with E-state index in [2.05, 4.69) is 10.4 Å². The van der Waals surface area contributed by atoms with E-state index >= 15 is 0 Å². The summed E-state index contributed by atoms with van der Waals surface area (Å²) in [4.78, 5) is 11.7. The Labute approximate surface area is 95.8 Å². The lowest BCUT2D eigenvalue weighted by atomic mass is 10.3. The van der Waals surface area contributed by atoms with Crippen molar-refractivity contribution in [3.05, 3.63) is 17.5 Å². The highest BCUT2D eigenvalue weighted by molar-refractivity contribution is 5.92. The van der Waals surface area contributed by atoms with Crippen LogP contribution in [0.3, 0.4) is 0 Å². The number of nitrogens with zero attached hydrogens (tertiary/aromatic N) is 2. The van der Waals surface area contributed by atoms with Crippen molar-refractivity contribution in [1.82, 2.24) is 15.1 Å². The van der Waals surface area contributed by atoms with Crippen LogP contribution in [0.2, 0.25) is 0 Å². The Morgan fingerprint density at radius 2 is 2.38 bits per heavy atom. The van der Waals surface area contributed by atoms with E-state index in [4.69, 9.17) is 4.74 Å². The number of hydrogen-bond donors (Lipinski definition) is 1. The number of aromatic nitrogens is 2. The molecule has 1 rings (SSSR count). The Balaban J connectivity index is 2.33. The molecule has 1 heterocycles. The average Bonchev–Trinajstić information content (AvgIpc) is 2.57. The molecule has 90 valence electrons. The van der Waals surface area contributed by atoms with Crippen LogP contribution in [0.15, 0.2) is 6.07 Å². The molecule has 0 spiro atoms. The van der Waals surface area contributed by atoms with E-state index in [1.807, 2.05) is 13.8 Å². The Kier molecular flexibility index (Phi) is 4.98. The van der Waals surface area contributed by atoms with Gasteiger partial charge in [0.15, 0.2) is 0 Å². The van der Waals surface area contributed by atoms with Gasteiger partial charge in [-0.1, -0.05) is 0 Å². The fourth-order valence-corrected chi connectivity index (χ4v) is 1.43. The second-order valence-corrected chi connectivity index (χ2v) is 3.60. The quantitative estimate of drug-likeness (QED) is 0.731. The van der Waals surface area contributed by atoms with Crippen LogP contribution in [-0.4, -0.2) is 35.4 Å². The summed E-state index contributed by atoms with van der Waals surface area (Å²) in [6, 6.07) is 1.78. The third-order valence-corrected chi connectivity index (χ3v) is 2.19. The van der Waals surface area contributed by atoms with Crippen molar-refractivity contribution in [3.8, 4) is 0 Å². The Morgan fingerprint density at radius 1 is 1.62 bits per heavy atom. The van der Waals surface area contributed by atoms with Gasteiger partial charge in [0.25, 0.3) is 5.91 Å². The number of amides is 1. The van der Waals surface area contributed by atoms with Gasteiger partial charge in [-0.15, -0.1) is 0 Å². The third kappa shape index (κ3) is 3.66. The minimum Gasteiger partial charge on any atom is -0.382 e. The summed E-state index contributed by atoms with van der Waals surface area (Å²) in [7, 11) is 1.77. The average molecular weight is 225 g/mol. The van der Waals surface area contributed by atoms with Gasteiger partial charge in [-0.2, -0.15) is 5.10 Å². The highest BCUT2D eigenvalue weighted by Crippen LogP contribution is 2.01. The molecule has 0 aliphatic heterocycles. The van der Waals surface area contributed by atoms with Crippen LogP contribution < -0.4 is 5.32 Å². The van der Waals surface area contributed by atoms with Gasteiger partial charge in [-0.05, 0) is 26.3 Å². The highest BCUT2D eigenvalue weighted by atomic mass is 16.5. The van der Waals surface area contributed by atoms with Crippen molar-refractivity contribution < 1.29 is 9.53 Å². The first-order chi connectivity index (χ1) is 7.65. The van der Waals surface area contributed by atoms with Gasteiger partial charge in [0.2, 0.25) is 0 Å². The molecule has 1 aromatic rings. The molecule has 1 amide bonds. The van der Waals surface area contributed by atoms with Crippen LogP contribution in [-0.2, 0) is 11.8 Å². The minimum atomic E-state index is -0.0837. The third-order valence-electron chi connectivity index (χ3n) is 2.19. The number of ether oxygens (including phenoxy) is 1. The maximum Gasteiger partial charge on any atom is 0.269 e. The molecule has 0 aliphatic rings. The number of nitrogens with one attached hydrogen (secondary N) is 1. The SMILES string of the molecule is CCOCCCNC(=O)c1cc(C)nn1C. The normalized spacial score (nSPS) is 10.4. The molecule has 0 unspecified atom stereocenters. The molecule has 5 heteroatoms. The van der Waals surface area contributed by atoms with Gasteiger partial charge in [-0.3, -0.25) is 9.48 Å². The smallest absolute Gasteiger partial charge is 0.269 e. The van der Waals surface area contributed by atoms with Crippen molar-refractivity contribution in [2.75, 3.05) is 19.8 Å². The second kappa shape index (κ2) is 6.27. The predicted molar refractivity (Wildman–Crippen MR) is 61.4 cm³/mol. The zero-order valence-electron chi connectivity index (χ0n) is 10.1. The van der Waals surface area contributed by atoms with E-state index < -0.39 is 0 Å². The topological polar surface area (TPSA) is 56.1 Å². The maximum absolute atomic E-state index is 11.7. The molecule has 1 N–H and O–H groups in total. The molecule has 16 heavy (non-hydrogen) atoms. The molecule has 0 fully saturated rings. The summed E-state index contributed by atoms with van der Waals surface area (Å²) in [5, 5.41) is 6.95. The van der Waals surface area contributed by atoms with Crippen LogP contribution in [0.5, 0.6) is 0 Å². The lowest BCUT2D eigenvalue weighted by molar-refractivity contribution is 0.0935. The summed E-state index contributed by atoms with van der Waals surface area (Å²) in [5.74, 6) is -0.0837. The summed E-state index contributed by atoms with van der Waals surface area (Å²) < 4.78 is 6.77. The van der Waals surface area contributed by atoms with Gasteiger partial charge in [0.05, 0.1) is 5.69 Å². The maximum atomic E-state index is 11.7. The molecule has 0 radical (unpaired) electrons. The van der Waals surface area contributed by atoms with E-state index in [0.29, 0.717) is 18.8 Å². The van der Waals surface area contributed by atoms with Gasteiger partial charge >= 0.3 is 0 Å². The molecular weight excluding hydrogens is 206 g/mol. The van der Waals surface area contributed by atoms with Gasteiger partial charge < -0.3 is 10.1 Å². The lowest BCUT2D eigenvalue weighted by Crippen LogP contribution is -2.27. The Bertz CT molecular complexity index is 347. The van der Waals surface area contributed by atoms with Gasteiger partial charge in [-0.25, -0.2) is 0 Å². The summed E-state index contributed by atoms with van der Waals surface area (Å²) in [6.45, 7) is 5.85. The number of carbonyl (C=O) groups excluding carboxylic acids is 1. The van der Waals surface area contributed by atoms with Crippen LogP contribution in [0.25, 0.3) is 0 Å². The molecular formula is C11H19N3O2. The predicted octanol–water partition coefficient (Wildman–Crippen LogP) is 0.885. The van der Waals surface area contributed by atoms with Crippen LogP contribution >= 0.6 is 0 Å². The minimum absolute atomic E-state index is 0.0837. The van der Waals surface area contributed by atoms with Gasteiger partial charge in [0.1, 0.15) is 5.69 Å². The van der Waals surface area contributed by atoms with E-state index in [1.165, 1.54) is 0 Å². The van der Waals surface area contributed by atoms with E-state index in [-0.39, 0.29) is 5.91 Å². The van der Waals surface area contributed by atoms with E-state index in [9.17, 15) is 4.79 Å². The molecule has 0 atom stereocenters. The van der Waals surface area contributed by atoms with Crippen molar-refractivity contribution >= 4 is 5.91 Å². The summed E-state index contributed by atoms with van der Waals surface area (Å²) >= 11 is 0. The lowest BCUT2D eigenvalue weighted by Gasteiger charge is -2.05. The first-order valence-corrected chi connectivity index (χ1v) is 5.51. The molecule has 0 saturated carbocycles. The number of aryl methyl sites for hydroxylation is 2. The Hall–Kier alpha value is -1.36. The van der Waals surface area contributed by atoms with Gasteiger partial charge in [0, 0.05) is 26.8 Å². The molecule has 5 nitrogen and oxygen atoms in total. The Morgan fingerprint density at radius 3 is 2.94 bits per heavy atom. The van der Waals surface area contributed by atoms with Crippen LogP contribution in [0.4, 0.5) is 0 Å². The first-order valence-electron chi connectivity index (χ1n) is 5.51. The summed E-state index contributed by atoms with van der Waals surface area (Å²) in [5.41, 5.74) is 1.44. The first kappa shape index (κ1) is 12.7. The standard InChI is InChI=1S/C11H19N3O2/c1-4-16-7-5-6-12-11(15)10-8-9(2)13-14(10)3/h8H,4-7H2,1-3H3,(H,12,15). The summed E-state index contributed by atoms with van der Waals surface area (Å²) in [6.07, 6.45) is 0.830. The largest absolute Gasteiger partial charge is 0.382 e. The van der Waals surface area contributed by atoms with Crippen molar-refractivity contribution in [2.45, 2.75) is 20.3 Å². The highest BCUT2D eigenvalue weighted by Gasteiger charge is 2.10. The fraction of sp³-hybridized carbons (Fsp3) is 0.636. The van der Waals surface area contributed by atoms with Crippen LogP contribution in [0.1, 0.15) is 29.5 Å². The zero-order valence-corrected chi connectivity index (χ0v) is 10.1. The monoisotopic (exact) mass is 225 g/mol. The van der Waals surface area contributed by atoms with Crippen LogP contribution in [0, 0.1) is 6.92 Å². The number of rotatable bonds is 6. The number of carbonyl (C=O) groups is 1. The molecule has 1 aromatic heterocycles. The van der Waals surface area contributed by atoms with Crippen molar-refractivity contribution in [1.29, 1.82) is 0 Å². The fourth-order valence-electron chi connectivity index (χ4n) is 1.43. The van der Waals surface area contributed by atoms with E-state index in [0.717, 1.165) is 18.7 Å². The molecule has 0 saturated heterocycles. The van der Waals surface area contributed by atoms with Crippen molar-refractivity contribution in [3.63, 3.8) is 0 Å². The van der Waals surface area contributed by atoms with Crippen molar-refractivity contribution in [2.24, 2.45) is 7.05 Å². The zero-order chi connectivity index (χ0) is 12.0. The molecule has 0 aliphatic carbocycles. The number of hydrogen-bond acceptors (Lipinski definition) is 3. The van der Waals surface area contributed by atoms with E-state index in [1.54, 1.807) is 17.8 Å². The molecule has 0 bridgehead atoms. The molecule has 0 aromatic carbocycles. The second-order valence-electron chi connectivity index (χ2n) is 3.60.